The lowest BCUT2D eigenvalue weighted by Gasteiger charge is -2.05. The molecule has 1 aromatic rings. The van der Waals surface area contributed by atoms with Crippen LogP contribution in [-0.2, 0) is 4.84 Å². The van der Waals surface area contributed by atoms with E-state index in [1.807, 2.05) is 6.92 Å². The average Bonchev–Trinajstić information content (AvgIpc) is 2.35. The normalized spacial score (nSPS) is 12.8. The molecule has 0 bridgehead atoms. The predicted octanol–water partition coefficient (Wildman–Crippen LogP) is 2.96. The lowest BCUT2D eigenvalue weighted by molar-refractivity contribution is 0.0994. The maximum Gasteiger partial charge on any atom is 0.119 e. The van der Waals surface area contributed by atoms with Crippen LogP contribution in [0.3, 0.4) is 0 Å². The van der Waals surface area contributed by atoms with Gasteiger partial charge in [0.05, 0.1) is 11.8 Å². The van der Waals surface area contributed by atoms with Crippen LogP contribution in [0.15, 0.2) is 34.7 Å². The smallest absolute Gasteiger partial charge is 0.119 e. The van der Waals surface area contributed by atoms with E-state index in [-0.39, 0.29) is 11.9 Å². The summed E-state index contributed by atoms with van der Waals surface area (Å²) in [5.74, 6) is 0.193. The Hall–Kier alpha value is -1.62. The predicted molar refractivity (Wildman–Crippen MR) is 64.1 cm³/mol. The molecular weight excluding hydrogens is 220 g/mol. The fourth-order valence-electron chi connectivity index (χ4n) is 1.22. The number of hydrogen-bond acceptors (Lipinski definition) is 5. The summed E-state index contributed by atoms with van der Waals surface area (Å²) < 4.78 is 0. The molecule has 0 aliphatic rings. The summed E-state index contributed by atoms with van der Waals surface area (Å²) in [5.41, 5.74) is 0.622. The summed E-state index contributed by atoms with van der Waals surface area (Å²) in [6.07, 6.45) is 1.97. The van der Waals surface area contributed by atoms with Crippen molar-refractivity contribution in [1.29, 1.82) is 0 Å². The maximum atomic E-state index is 9.29. The van der Waals surface area contributed by atoms with Crippen LogP contribution < -0.4 is 0 Å². The zero-order chi connectivity index (χ0) is 12.5. The Kier molecular flexibility index (Phi) is 6.03. The molecule has 1 aromatic carbocycles. The number of phenols is 1. The van der Waals surface area contributed by atoms with Crippen LogP contribution in [0.25, 0.3) is 0 Å². The van der Waals surface area contributed by atoms with E-state index in [0.717, 1.165) is 12.8 Å². The molecule has 0 aliphatic heterocycles. The molecule has 0 saturated heterocycles. The number of benzene rings is 1. The highest BCUT2D eigenvalue weighted by Crippen LogP contribution is 2.16. The maximum absolute atomic E-state index is 9.29. The first kappa shape index (κ1) is 13.4. The van der Waals surface area contributed by atoms with Gasteiger partial charge in [-0.15, -0.1) is 5.11 Å². The van der Waals surface area contributed by atoms with E-state index in [1.54, 1.807) is 12.1 Å². The second kappa shape index (κ2) is 7.62. The standard InChI is InChI=1S/C12H18N2O3/c1-2-11(15)4-3-9-17-14-13-10-5-7-12(16)8-6-10/h5-8,11,15-16H,2-4,9H2,1H3. The Morgan fingerprint density at radius 1 is 1.29 bits per heavy atom. The second-order valence-corrected chi connectivity index (χ2v) is 3.74. The number of rotatable bonds is 7. The largest absolute Gasteiger partial charge is 0.508 e. The van der Waals surface area contributed by atoms with Gasteiger partial charge >= 0.3 is 0 Å². The van der Waals surface area contributed by atoms with Crippen molar-refractivity contribution in [2.45, 2.75) is 32.3 Å². The molecule has 0 saturated carbocycles. The summed E-state index contributed by atoms with van der Waals surface area (Å²) >= 11 is 0. The monoisotopic (exact) mass is 238 g/mol. The van der Waals surface area contributed by atoms with E-state index in [2.05, 4.69) is 10.4 Å². The van der Waals surface area contributed by atoms with Gasteiger partial charge in [0, 0.05) is 5.28 Å². The minimum Gasteiger partial charge on any atom is -0.508 e. The van der Waals surface area contributed by atoms with Gasteiger partial charge in [0.15, 0.2) is 0 Å². The molecule has 0 spiro atoms. The van der Waals surface area contributed by atoms with Gasteiger partial charge in [-0.1, -0.05) is 6.92 Å². The van der Waals surface area contributed by atoms with Crippen LogP contribution in [0.5, 0.6) is 5.75 Å². The van der Waals surface area contributed by atoms with Gasteiger partial charge in [-0.2, -0.15) is 0 Å². The molecule has 5 heteroatoms. The summed E-state index contributed by atoms with van der Waals surface area (Å²) in [5, 5.41) is 25.7. The summed E-state index contributed by atoms with van der Waals surface area (Å²) in [6.45, 7) is 2.38. The van der Waals surface area contributed by atoms with Gasteiger partial charge in [0.1, 0.15) is 12.4 Å². The molecule has 94 valence electrons. The highest BCUT2D eigenvalue weighted by atomic mass is 16.6. The van der Waals surface area contributed by atoms with Crippen molar-refractivity contribution in [1.82, 2.24) is 0 Å². The molecule has 0 aromatic heterocycles. The Labute approximate surface area is 101 Å². The molecule has 0 amide bonds. The number of phenolic OH excluding ortho intramolecular Hbond substituents is 1. The summed E-state index contributed by atoms with van der Waals surface area (Å²) in [4.78, 5) is 4.95. The summed E-state index contributed by atoms with van der Waals surface area (Å²) in [7, 11) is 0. The van der Waals surface area contributed by atoms with Gasteiger partial charge in [0.2, 0.25) is 0 Å². The molecule has 0 fully saturated rings. The van der Waals surface area contributed by atoms with Crippen LogP contribution in [0.1, 0.15) is 26.2 Å². The zero-order valence-corrected chi connectivity index (χ0v) is 9.91. The number of nitrogens with zero attached hydrogens (tertiary/aromatic N) is 2. The zero-order valence-electron chi connectivity index (χ0n) is 9.91. The quantitative estimate of drug-likeness (QED) is 0.435. The number of hydrogen-bond donors (Lipinski definition) is 2. The van der Waals surface area contributed by atoms with E-state index in [0.29, 0.717) is 18.7 Å². The van der Waals surface area contributed by atoms with Crippen molar-refractivity contribution in [2.24, 2.45) is 10.4 Å². The highest BCUT2D eigenvalue weighted by Gasteiger charge is 1.99. The van der Waals surface area contributed by atoms with Crippen LogP contribution in [0.2, 0.25) is 0 Å². The average molecular weight is 238 g/mol. The SMILES string of the molecule is CCC(O)CCCON=Nc1ccc(O)cc1. The van der Waals surface area contributed by atoms with E-state index in [1.165, 1.54) is 12.1 Å². The third-order valence-electron chi connectivity index (χ3n) is 2.31. The van der Waals surface area contributed by atoms with Crippen LogP contribution >= 0.6 is 0 Å². The molecule has 0 radical (unpaired) electrons. The molecule has 0 aliphatic carbocycles. The van der Waals surface area contributed by atoms with Crippen molar-refractivity contribution >= 4 is 5.69 Å². The lowest BCUT2D eigenvalue weighted by atomic mass is 10.2. The third kappa shape index (κ3) is 5.87. The molecule has 17 heavy (non-hydrogen) atoms. The molecule has 0 heterocycles. The first-order chi connectivity index (χ1) is 8.22. The molecule has 1 rings (SSSR count). The molecule has 5 nitrogen and oxygen atoms in total. The van der Waals surface area contributed by atoms with E-state index >= 15 is 0 Å². The van der Waals surface area contributed by atoms with Crippen LogP contribution in [-0.4, -0.2) is 22.9 Å². The fourth-order valence-corrected chi connectivity index (χ4v) is 1.22. The van der Waals surface area contributed by atoms with Gasteiger partial charge in [-0.05, 0) is 43.5 Å². The van der Waals surface area contributed by atoms with E-state index in [9.17, 15) is 5.11 Å². The van der Waals surface area contributed by atoms with Crippen LogP contribution in [0.4, 0.5) is 5.69 Å². The van der Waals surface area contributed by atoms with Gasteiger partial charge in [-0.3, -0.25) is 0 Å². The Morgan fingerprint density at radius 2 is 2.00 bits per heavy atom. The van der Waals surface area contributed by atoms with Crippen molar-refractivity contribution in [3.05, 3.63) is 24.3 Å². The van der Waals surface area contributed by atoms with Gasteiger partial charge < -0.3 is 15.1 Å². The second-order valence-electron chi connectivity index (χ2n) is 3.74. The molecule has 1 unspecified atom stereocenters. The fraction of sp³-hybridized carbons (Fsp3) is 0.500. The minimum atomic E-state index is -0.257. The van der Waals surface area contributed by atoms with Gasteiger partial charge in [0.25, 0.3) is 0 Å². The van der Waals surface area contributed by atoms with E-state index < -0.39 is 0 Å². The Balaban J connectivity index is 2.16. The molecule has 2 N–H and O–H groups in total. The topological polar surface area (TPSA) is 74.4 Å². The summed E-state index contributed by atoms with van der Waals surface area (Å²) in [6, 6.07) is 6.35. The first-order valence-corrected chi connectivity index (χ1v) is 5.72. The Bertz CT molecular complexity index is 338. The molecule has 1 atom stereocenters. The lowest BCUT2D eigenvalue weighted by Crippen LogP contribution is -2.05. The van der Waals surface area contributed by atoms with E-state index in [4.69, 9.17) is 9.94 Å². The number of aliphatic hydroxyl groups is 1. The van der Waals surface area contributed by atoms with Crippen molar-refractivity contribution in [3.63, 3.8) is 0 Å². The minimum absolute atomic E-state index is 0.193. The highest BCUT2D eigenvalue weighted by molar-refractivity contribution is 5.39. The number of aromatic hydroxyl groups is 1. The number of aliphatic hydroxyl groups excluding tert-OH is 1. The van der Waals surface area contributed by atoms with Gasteiger partial charge in [-0.25, -0.2) is 0 Å². The molecular formula is C12H18N2O3. The van der Waals surface area contributed by atoms with Crippen molar-refractivity contribution in [2.75, 3.05) is 6.61 Å². The third-order valence-corrected chi connectivity index (χ3v) is 2.31. The Morgan fingerprint density at radius 3 is 2.65 bits per heavy atom. The van der Waals surface area contributed by atoms with Crippen molar-refractivity contribution in [3.8, 4) is 5.75 Å². The first-order valence-electron chi connectivity index (χ1n) is 5.72. The van der Waals surface area contributed by atoms with Crippen molar-refractivity contribution < 1.29 is 15.1 Å². The van der Waals surface area contributed by atoms with Crippen LogP contribution in [0, 0.1) is 0 Å².